The summed E-state index contributed by atoms with van der Waals surface area (Å²) in [6.07, 6.45) is 80.6. The van der Waals surface area contributed by atoms with Crippen molar-refractivity contribution in [2.45, 2.75) is 309 Å². The minimum Gasteiger partial charge on any atom is -0.462 e. The van der Waals surface area contributed by atoms with Crippen LogP contribution in [0.3, 0.4) is 0 Å². The summed E-state index contributed by atoms with van der Waals surface area (Å²) in [7, 11) is 0. The molecule has 0 N–H and O–H groups in total. The molecular weight excluding hydrogens is 901 g/mol. The Labute approximate surface area is 452 Å². The van der Waals surface area contributed by atoms with Gasteiger partial charge >= 0.3 is 17.9 Å². The van der Waals surface area contributed by atoms with Crippen LogP contribution in [-0.4, -0.2) is 37.2 Å². The number of ether oxygens (including phenoxy) is 3. The molecule has 0 heterocycles. The summed E-state index contributed by atoms with van der Waals surface area (Å²) in [6, 6.07) is 0. The fourth-order valence-electron chi connectivity index (χ4n) is 8.74. The van der Waals surface area contributed by atoms with Gasteiger partial charge in [-0.15, -0.1) is 0 Å². The number of carbonyl (C=O) groups excluding carboxylic acids is 3. The first-order chi connectivity index (χ1) is 36.0. The highest BCUT2D eigenvalue weighted by molar-refractivity contribution is 5.71. The van der Waals surface area contributed by atoms with E-state index < -0.39 is 6.10 Å². The molecular formula is C67H116O6. The molecule has 6 heteroatoms. The fraction of sp³-hybridized carbons (Fsp3) is 0.746. The molecule has 0 aromatic rings. The zero-order chi connectivity index (χ0) is 52.9. The molecule has 0 aliphatic rings. The van der Waals surface area contributed by atoms with Gasteiger partial charge in [0.1, 0.15) is 13.2 Å². The van der Waals surface area contributed by atoms with E-state index in [9.17, 15) is 14.4 Å². The highest BCUT2D eigenvalue weighted by Crippen LogP contribution is 2.16. The lowest BCUT2D eigenvalue weighted by Gasteiger charge is -2.18. The van der Waals surface area contributed by atoms with Gasteiger partial charge in [0.25, 0.3) is 0 Å². The third-order valence-electron chi connectivity index (χ3n) is 13.4. The van der Waals surface area contributed by atoms with Crippen molar-refractivity contribution in [1.29, 1.82) is 0 Å². The molecule has 0 aliphatic heterocycles. The largest absolute Gasteiger partial charge is 0.462 e. The molecule has 0 saturated heterocycles. The van der Waals surface area contributed by atoms with Gasteiger partial charge in [0.15, 0.2) is 6.10 Å². The van der Waals surface area contributed by atoms with E-state index in [4.69, 9.17) is 14.2 Å². The van der Waals surface area contributed by atoms with Crippen LogP contribution >= 0.6 is 0 Å². The van der Waals surface area contributed by atoms with E-state index in [0.717, 1.165) is 103 Å². The molecule has 6 nitrogen and oxygen atoms in total. The van der Waals surface area contributed by atoms with Gasteiger partial charge in [-0.25, -0.2) is 0 Å². The Hall–Kier alpha value is -3.41. The van der Waals surface area contributed by atoms with E-state index in [1.54, 1.807) is 0 Å². The average Bonchev–Trinajstić information content (AvgIpc) is 3.39. The molecule has 0 rings (SSSR count). The van der Waals surface area contributed by atoms with E-state index in [2.05, 4.69) is 106 Å². The van der Waals surface area contributed by atoms with Crippen LogP contribution in [0.25, 0.3) is 0 Å². The Morgan fingerprint density at radius 1 is 0.288 bits per heavy atom. The topological polar surface area (TPSA) is 78.9 Å². The number of hydrogen-bond donors (Lipinski definition) is 0. The third-order valence-corrected chi connectivity index (χ3v) is 13.4. The molecule has 420 valence electrons. The quantitative estimate of drug-likeness (QED) is 0.0261. The first-order valence-corrected chi connectivity index (χ1v) is 31.1. The molecule has 0 fully saturated rings. The molecule has 0 aromatic carbocycles. The predicted octanol–water partition coefficient (Wildman–Crippen LogP) is 21.1. The van der Waals surface area contributed by atoms with Crippen molar-refractivity contribution in [2.75, 3.05) is 13.2 Å². The van der Waals surface area contributed by atoms with Crippen molar-refractivity contribution in [3.05, 3.63) is 85.1 Å². The summed E-state index contributed by atoms with van der Waals surface area (Å²) in [5, 5.41) is 0. The number of rotatable bonds is 56. The van der Waals surface area contributed by atoms with Crippen LogP contribution in [0.15, 0.2) is 85.1 Å². The second kappa shape index (κ2) is 61.1. The van der Waals surface area contributed by atoms with E-state index in [-0.39, 0.29) is 31.1 Å². The Balaban J connectivity index is 4.02. The Morgan fingerprint density at radius 2 is 0.534 bits per heavy atom. The van der Waals surface area contributed by atoms with Gasteiger partial charge in [0, 0.05) is 19.3 Å². The fourth-order valence-corrected chi connectivity index (χ4v) is 8.74. The maximum atomic E-state index is 12.8. The van der Waals surface area contributed by atoms with Crippen molar-refractivity contribution < 1.29 is 28.6 Å². The molecule has 0 aliphatic carbocycles. The van der Waals surface area contributed by atoms with Crippen LogP contribution in [0.5, 0.6) is 0 Å². The van der Waals surface area contributed by atoms with Gasteiger partial charge < -0.3 is 14.2 Å². The maximum Gasteiger partial charge on any atom is 0.306 e. The molecule has 1 atom stereocenters. The minimum absolute atomic E-state index is 0.0769. The normalized spacial score (nSPS) is 12.6. The first kappa shape index (κ1) is 69.6. The smallest absolute Gasteiger partial charge is 0.306 e. The average molecular weight is 1020 g/mol. The minimum atomic E-state index is -0.776. The summed E-state index contributed by atoms with van der Waals surface area (Å²) >= 11 is 0. The summed E-state index contributed by atoms with van der Waals surface area (Å²) in [6.45, 7) is 6.48. The molecule has 73 heavy (non-hydrogen) atoms. The zero-order valence-electron chi connectivity index (χ0n) is 48.1. The second-order valence-corrected chi connectivity index (χ2v) is 20.6. The lowest BCUT2D eigenvalue weighted by Crippen LogP contribution is -2.30. The highest BCUT2D eigenvalue weighted by Gasteiger charge is 2.19. The van der Waals surface area contributed by atoms with E-state index >= 15 is 0 Å². The first-order valence-electron chi connectivity index (χ1n) is 31.1. The van der Waals surface area contributed by atoms with Crippen molar-refractivity contribution in [1.82, 2.24) is 0 Å². The van der Waals surface area contributed by atoms with Gasteiger partial charge in [-0.3, -0.25) is 14.4 Å². The summed E-state index contributed by atoms with van der Waals surface area (Å²) in [5.74, 6) is -0.886. The van der Waals surface area contributed by atoms with Gasteiger partial charge in [-0.1, -0.05) is 273 Å². The van der Waals surface area contributed by atoms with Gasteiger partial charge in [-0.05, 0) is 96.3 Å². The molecule has 0 bridgehead atoms. The number of allylic oxidation sites excluding steroid dienone is 14. The van der Waals surface area contributed by atoms with Crippen LogP contribution in [0.2, 0.25) is 0 Å². The lowest BCUT2D eigenvalue weighted by atomic mass is 10.0. The van der Waals surface area contributed by atoms with Crippen molar-refractivity contribution in [3.8, 4) is 0 Å². The molecule has 0 radical (unpaired) electrons. The van der Waals surface area contributed by atoms with Crippen LogP contribution in [-0.2, 0) is 28.6 Å². The molecule has 0 spiro atoms. The second-order valence-electron chi connectivity index (χ2n) is 20.6. The number of esters is 3. The SMILES string of the molecule is CC/C=C\C/C=C\C/C=C\C/C=C\C/C=C\C/C=C\CCCCCCCCCCCCCCCCC(=O)OCC(COC(=O)CCCCCCCC)OC(=O)CCCCCCC/C=C\CCCCCCCCC. The Morgan fingerprint density at radius 3 is 0.849 bits per heavy atom. The number of unbranched alkanes of at least 4 members (excludes halogenated alkanes) is 31. The summed E-state index contributed by atoms with van der Waals surface area (Å²) in [4.78, 5) is 37.9. The summed E-state index contributed by atoms with van der Waals surface area (Å²) in [5.41, 5.74) is 0. The molecule has 0 amide bonds. The van der Waals surface area contributed by atoms with Crippen LogP contribution in [0.4, 0.5) is 0 Å². The van der Waals surface area contributed by atoms with Crippen molar-refractivity contribution in [3.63, 3.8) is 0 Å². The van der Waals surface area contributed by atoms with Gasteiger partial charge in [-0.2, -0.15) is 0 Å². The zero-order valence-corrected chi connectivity index (χ0v) is 48.1. The monoisotopic (exact) mass is 1020 g/mol. The molecule has 1 unspecified atom stereocenters. The lowest BCUT2D eigenvalue weighted by molar-refractivity contribution is -0.167. The molecule has 0 aromatic heterocycles. The number of hydrogen-bond acceptors (Lipinski definition) is 6. The summed E-state index contributed by atoms with van der Waals surface area (Å²) < 4.78 is 16.8. The Bertz CT molecular complexity index is 1400. The maximum absolute atomic E-state index is 12.8. The third kappa shape index (κ3) is 59.3. The van der Waals surface area contributed by atoms with Crippen molar-refractivity contribution in [2.24, 2.45) is 0 Å². The van der Waals surface area contributed by atoms with Gasteiger partial charge in [0.05, 0.1) is 0 Å². The predicted molar refractivity (Wildman–Crippen MR) is 316 cm³/mol. The van der Waals surface area contributed by atoms with Crippen LogP contribution in [0, 0.1) is 0 Å². The highest BCUT2D eigenvalue weighted by atomic mass is 16.6. The Kier molecular flexibility index (Phi) is 58.3. The number of carbonyl (C=O) groups is 3. The van der Waals surface area contributed by atoms with Crippen LogP contribution < -0.4 is 0 Å². The van der Waals surface area contributed by atoms with Crippen LogP contribution in [0.1, 0.15) is 303 Å². The molecule has 0 saturated carbocycles. The van der Waals surface area contributed by atoms with Gasteiger partial charge in [0.2, 0.25) is 0 Å². The standard InChI is InChI=1S/C67H116O6/c1-4-7-10-13-16-18-20-22-24-26-27-28-29-30-31-32-33-34-35-36-37-38-39-40-41-42-44-45-47-49-51-54-57-60-66(69)72-63-64(62-71-65(68)59-56-53-15-12-9-6-3)73-67(70)61-58-55-52-50-48-46-43-25-23-21-19-17-14-11-8-5-2/h7,10,16,18,22,24-25,27-28,30-31,33-34,43,64H,4-6,8-9,11-15,17,19-21,23,26,29,32,35-42,44-63H2,1-3H3/b10-7-,18-16-,24-22-,28-27-,31-30-,34-33-,43-25-. The van der Waals surface area contributed by atoms with Crippen molar-refractivity contribution >= 4 is 17.9 Å². The van der Waals surface area contributed by atoms with E-state index in [1.807, 2.05) is 0 Å². The van der Waals surface area contributed by atoms with E-state index in [1.165, 1.54) is 161 Å². The van der Waals surface area contributed by atoms with E-state index in [0.29, 0.717) is 19.3 Å².